The van der Waals surface area contributed by atoms with Crippen LogP contribution in [0.15, 0.2) is 6.07 Å². The van der Waals surface area contributed by atoms with Gasteiger partial charge in [0, 0.05) is 17.8 Å². The van der Waals surface area contributed by atoms with Crippen LogP contribution in [0.4, 0.5) is 0 Å². The lowest BCUT2D eigenvalue weighted by molar-refractivity contribution is -0.137. The Morgan fingerprint density at radius 3 is 2.55 bits per heavy atom. The van der Waals surface area contributed by atoms with Gasteiger partial charge in [0.15, 0.2) is 0 Å². The first-order chi connectivity index (χ1) is 9.54. The van der Waals surface area contributed by atoms with Gasteiger partial charge in [0.25, 0.3) is 5.91 Å². The molecule has 0 radical (unpaired) electrons. The third-order valence-electron chi connectivity index (χ3n) is 3.17. The topological polar surface area (TPSA) is 66.4 Å². The number of carbonyl (C=O) groups is 2. The standard InChI is InChI=1S/C15H23NO3S/c1-3-12-11(2)10-13(20-12)15(19)16-9-7-5-4-6-8-14(17)18/h10H,3-9H2,1-2H3,(H,16,19)(H,17,18). The van der Waals surface area contributed by atoms with Gasteiger partial charge < -0.3 is 10.4 Å². The Balaban J connectivity index is 2.18. The number of aliphatic carboxylic acids is 1. The summed E-state index contributed by atoms with van der Waals surface area (Å²) < 4.78 is 0. The fourth-order valence-corrected chi connectivity index (χ4v) is 3.06. The van der Waals surface area contributed by atoms with E-state index in [1.165, 1.54) is 10.4 Å². The Hall–Kier alpha value is -1.36. The van der Waals surface area contributed by atoms with Gasteiger partial charge in [-0.25, -0.2) is 0 Å². The summed E-state index contributed by atoms with van der Waals surface area (Å²) in [6, 6.07) is 1.95. The smallest absolute Gasteiger partial charge is 0.303 e. The Morgan fingerprint density at radius 1 is 1.25 bits per heavy atom. The summed E-state index contributed by atoms with van der Waals surface area (Å²) in [7, 11) is 0. The van der Waals surface area contributed by atoms with Gasteiger partial charge in [-0.15, -0.1) is 11.3 Å². The second kappa shape index (κ2) is 8.74. The average molecular weight is 297 g/mol. The van der Waals surface area contributed by atoms with Gasteiger partial charge in [0.05, 0.1) is 4.88 Å². The van der Waals surface area contributed by atoms with Crippen LogP contribution in [-0.2, 0) is 11.2 Å². The van der Waals surface area contributed by atoms with E-state index in [0.29, 0.717) is 13.0 Å². The van der Waals surface area contributed by atoms with E-state index in [1.807, 2.05) is 13.0 Å². The number of carboxylic acids is 1. The molecule has 0 aliphatic heterocycles. The highest BCUT2D eigenvalue weighted by Crippen LogP contribution is 2.22. The van der Waals surface area contributed by atoms with Crippen molar-refractivity contribution in [3.8, 4) is 0 Å². The summed E-state index contributed by atoms with van der Waals surface area (Å²) >= 11 is 1.57. The van der Waals surface area contributed by atoms with E-state index in [0.717, 1.165) is 30.6 Å². The van der Waals surface area contributed by atoms with Crippen molar-refractivity contribution < 1.29 is 14.7 Å². The fraction of sp³-hybridized carbons (Fsp3) is 0.600. The quantitative estimate of drug-likeness (QED) is 0.687. The van der Waals surface area contributed by atoms with Crippen LogP contribution in [-0.4, -0.2) is 23.5 Å². The molecular weight excluding hydrogens is 274 g/mol. The number of aryl methyl sites for hydroxylation is 2. The molecule has 0 bridgehead atoms. The first kappa shape index (κ1) is 16.7. The number of carboxylic acid groups (broad SMARTS) is 1. The molecule has 0 saturated heterocycles. The Kier molecular flexibility index (Phi) is 7.30. The number of amides is 1. The minimum Gasteiger partial charge on any atom is -0.481 e. The van der Waals surface area contributed by atoms with Crippen LogP contribution in [0.5, 0.6) is 0 Å². The highest BCUT2D eigenvalue weighted by atomic mass is 32.1. The molecule has 0 unspecified atom stereocenters. The van der Waals surface area contributed by atoms with Crippen LogP contribution < -0.4 is 5.32 Å². The molecule has 0 aromatic carbocycles. The van der Waals surface area contributed by atoms with E-state index in [1.54, 1.807) is 11.3 Å². The number of rotatable bonds is 9. The number of carbonyl (C=O) groups excluding carboxylic acids is 1. The van der Waals surface area contributed by atoms with E-state index in [4.69, 9.17) is 5.11 Å². The van der Waals surface area contributed by atoms with Crippen LogP contribution in [0.25, 0.3) is 0 Å². The monoisotopic (exact) mass is 297 g/mol. The molecule has 0 aliphatic rings. The van der Waals surface area contributed by atoms with Crippen molar-refractivity contribution in [3.63, 3.8) is 0 Å². The molecule has 20 heavy (non-hydrogen) atoms. The normalized spacial score (nSPS) is 10.5. The summed E-state index contributed by atoms with van der Waals surface area (Å²) in [5.41, 5.74) is 1.19. The SMILES string of the molecule is CCc1sc(C(=O)NCCCCCCC(=O)O)cc1C. The van der Waals surface area contributed by atoms with Crippen molar-refractivity contribution in [1.82, 2.24) is 5.32 Å². The number of hydrogen-bond acceptors (Lipinski definition) is 3. The van der Waals surface area contributed by atoms with Gasteiger partial charge in [0.1, 0.15) is 0 Å². The molecule has 2 N–H and O–H groups in total. The maximum Gasteiger partial charge on any atom is 0.303 e. The molecule has 1 heterocycles. The molecular formula is C15H23NO3S. The second-order valence-corrected chi connectivity index (χ2v) is 6.02. The second-order valence-electron chi connectivity index (χ2n) is 4.88. The zero-order valence-electron chi connectivity index (χ0n) is 12.2. The molecule has 0 spiro atoms. The fourth-order valence-electron chi connectivity index (χ4n) is 2.03. The van der Waals surface area contributed by atoms with Crippen LogP contribution in [0.2, 0.25) is 0 Å². The number of nitrogens with one attached hydrogen (secondary N) is 1. The molecule has 0 aliphatic carbocycles. The summed E-state index contributed by atoms with van der Waals surface area (Å²) in [5.74, 6) is -0.735. The summed E-state index contributed by atoms with van der Waals surface area (Å²) in [5, 5.41) is 11.4. The zero-order valence-corrected chi connectivity index (χ0v) is 13.0. The van der Waals surface area contributed by atoms with Crippen LogP contribution in [0.3, 0.4) is 0 Å². The molecule has 4 nitrogen and oxygen atoms in total. The molecule has 1 amide bonds. The number of unbranched alkanes of at least 4 members (excludes halogenated alkanes) is 3. The van der Waals surface area contributed by atoms with Crippen molar-refractivity contribution in [2.24, 2.45) is 0 Å². The van der Waals surface area contributed by atoms with Gasteiger partial charge in [0.2, 0.25) is 0 Å². The van der Waals surface area contributed by atoms with E-state index >= 15 is 0 Å². The first-order valence-corrected chi connectivity index (χ1v) is 7.95. The van der Waals surface area contributed by atoms with Crippen molar-refractivity contribution in [1.29, 1.82) is 0 Å². The summed E-state index contributed by atoms with van der Waals surface area (Å²) in [6.45, 7) is 4.79. The molecule has 1 rings (SSSR count). The minimum atomic E-state index is -0.738. The van der Waals surface area contributed by atoms with Gasteiger partial charge in [-0.05, 0) is 37.8 Å². The number of hydrogen-bond donors (Lipinski definition) is 2. The lowest BCUT2D eigenvalue weighted by Gasteiger charge is -2.03. The largest absolute Gasteiger partial charge is 0.481 e. The predicted molar refractivity (Wildman–Crippen MR) is 81.5 cm³/mol. The van der Waals surface area contributed by atoms with Crippen molar-refractivity contribution in [3.05, 3.63) is 21.4 Å². The minimum absolute atomic E-state index is 0.00309. The van der Waals surface area contributed by atoms with Crippen molar-refractivity contribution >= 4 is 23.2 Å². The highest BCUT2D eigenvalue weighted by molar-refractivity contribution is 7.14. The molecule has 0 fully saturated rings. The van der Waals surface area contributed by atoms with Crippen molar-refractivity contribution in [2.45, 2.75) is 52.4 Å². The van der Waals surface area contributed by atoms with E-state index < -0.39 is 5.97 Å². The first-order valence-electron chi connectivity index (χ1n) is 7.14. The Morgan fingerprint density at radius 2 is 1.95 bits per heavy atom. The molecule has 0 saturated carbocycles. The molecule has 1 aromatic heterocycles. The van der Waals surface area contributed by atoms with Crippen molar-refractivity contribution in [2.75, 3.05) is 6.54 Å². The maximum absolute atomic E-state index is 11.9. The molecule has 5 heteroatoms. The average Bonchev–Trinajstić information content (AvgIpc) is 2.78. The summed E-state index contributed by atoms with van der Waals surface area (Å²) in [4.78, 5) is 24.3. The third-order valence-corrected chi connectivity index (χ3v) is 4.55. The maximum atomic E-state index is 11.9. The predicted octanol–water partition coefficient (Wildman–Crippen LogP) is 3.38. The van der Waals surface area contributed by atoms with Crippen LogP contribution in [0.1, 0.15) is 59.1 Å². The van der Waals surface area contributed by atoms with Gasteiger partial charge in [-0.2, -0.15) is 0 Å². The summed E-state index contributed by atoms with van der Waals surface area (Å²) in [6.07, 6.45) is 4.68. The third kappa shape index (κ3) is 5.74. The van der Waals surface area contributed by atoms with E-state index in [2.05, 4.69) is 12.2 Å². The van der Waals surface area contributed by atoms with Crippen LogP contribution in [0, 0.1) is 6.92 Å². The zero-order chi connectivity index (χ0) is 15.0. The highest BCUT2D eigenvalue weighted by Gasteiger charge is 2.10. The molecule has 1 aromatic rings. The molecule has 0 atom stereocenters. The van der Waals surface area contributed by atoms with E-state index in [-0.39, 0.29) is 12.3 Å². The molecule has 112 valence electrons. The van der Waals surface area contributed by atoms with Gasteiger partial charge in [-0.1, -0.05) is 19.8 Å². The van der Waals surface area contributed by atoms with Gasteiger partial charge >= 0.3 is 5.97 Å². The Bertz CT molecular complexity index is 454. The lowest BCUT2D eigenvalue weighted by atomic mass is 10.1. The van der Waals surface area contributed by atoms with Crippen LogP contribution >= 0.6 is 11.3 Å². The number of thiophene rings is 1. The van der Waals surface area contributed by atoms with E-state index in [9.17, 15) is 9.59 Å². The lowest BCUT2D eigenvalue weighted by Crippen LogP contribution is -2.23. The Labute approximate surface area is 124 Å². The van der Waals surface area contributed by atoms with Gasteiger partial charge in [-0.3, -0.25) is 9.59 Å².